The number of hydrogen-bond acceptors (Lipinski definition) is 5. The molecular weight excluding hydrogens is 440 g/mol. The second-order valence-electron chi connectivity index (χ2n) is 8.16. The van der Waals surface area contributed by atoms with Crippen molar-refractivity contribution in [2.24, 2.45) is 0 Å². The number of aromatic nitrogens is 1. The quantitative estimate of drug-likeness (QED) is 0.568. The summed E-state index contributed by atoms with van der Waals surface area (Å²) < 4.78 is 0. The smallest absolute Gasteiger partial charge is 0.339 e. The maximum absolute atomic E-state index is 12.6. The van der Waals surface area contributed by atoms with Gasteiger partial charge in [0.2, 0.25) is 0 Å². The number of pyridine rings is 1. The van der Waals surface area contributed by atoms with Crippen molar-refractivity contribution in [3.05, 3.63) is 82.5 Å². The molecule has 4 rings (SSSR count). The largest absolute Gasteiger partial charge is 0.478 e. The van der Waals surface area contributed by atoms with Crippen molar-refractivity contribution in [2.75, 3.05) is 34.8 Å². The van der Waals surface area contributed by atoms with E-state index in [1.165, 1.54) is 17.8 Å². The molecule has 1 fully saturated rings. The molecule has 170 valence electrons. The minimum absolute atomic E-state index is 0.0446. The van der Waals surface area contributed by atoms with Crippen LogP contribution in [0.4, 0.5) is 17.2 Å². The van der Waals surface area contributed by atoms with Gasteiger partial charge in [-0.2, -0.15) is 0 Å². The molecule has 33 heavy (non-hydrogen) atoms. The molecule has 2 heterocycles. The van der Waals surface area contributed by atoms with E-state index in [1.54, 1.807) is 24.3 Å². The van der Waals surface area contributed by atoms with Crippen LogP contribution in [0.1, 0.15) is 33.2 Å². The van der Waals surface area contributed by atoms with E-state index >= 15 is 0 Å². The average molecular weight is 465 g/mol. The van der Waals surface area contributed by atoms with Crippen molar-refractivity contribution in [1.82, 2.24) is 4.98 Å². The number of carbonyl (C=O) groups excluding carboxylic acids is 1. The molecule has 7 nitrogen and oxygen atoms in total. The number of halogens is 1. The molecule has 0 spiro atoms. The summed E-state index contributed by atoms with van der Waals surface area (Å²) in [6.45, 7) is 6.20. The Morgan fingerprint density at radius 3 is 2.58 bits per heavy atom. The van der Waals surface area contributed by atoms with E-state index in [0.29, 0.717) is 35.2 Å². The normalized spacial score (nSPS) is 15.9. The second kappa shape index (κ2) is 9.50. The van der Waals surface area contributed by atoms with Crippen molar-refractivity contribution in [3.63, 3.8) is 0 Å². The minimum atomic E-state index is -1.10. The van der Waals surface area contributed by atoms with E-state index in [1.807, 2.05) is 11.0 Å². The molecule has 0 saturated carbocycles. The summed E-state index contributed by atoms with van der Waals surface area (Å²) in [5.41, 5.74) is 3.01. The monoisotopic (exact) mass is 464 g/mol. The molecule has 0 aliphatic carbocycles. The molecule has 8 heteroatoms. The van der Waals surface area contributed by atoms with Crippen LogP contribution in [0.25, 0.3) is 0 Å². The molecule has 0 bridgehead atoms. The van der Waals surface area contributed by atoms with Crippen molar-refractivity contribution in [2.45, 2.75) is 19.9 Å². The van der Waals surface area contributed by atoms with Crippen LogP contribution in [0, 0.1) is 6.92 Å². The molecule has 1 atom stereocenters. The zero-order valence-electron chi connectivity index (χ0n) is 18.5. The van der Waals surface area contributed by atoms with Crippen molar-refractivity contribution in [1.29, 1.82) is 0 Å². The first-order valence-electron chi connectivity index (χ1n) is 10.7. The third kappa shape index (κ3) is 4.93. The second-order valence-corrected chi connectivity index (χ2v) is 8.57. The van der Waals surface area contributed by atoms with Gasteiger partial charge in [-0.25, -0.2) is 9.78 Å². The van der Waals surface area contributed by atoms with Gasteiger partial charge < -0.3 is 20.2 Å². The number of aryl methyl sites for hydroxylation is 1. The SMILES string of the molecule is Cc1cccc(N2CCN(c3ncc(NC(=O)c4ccccc4Cl)cc3C(=O)O)C[C@@H]2C)c1. The van der Waals surface area contributed by atoms with Gasteiger partial charge in [-0.1, -0.05) is 35.9 Å². The van der Waals surface area contributed by atoms with Crippen LogP contribution in [0.2, 0.25) is 5.02 Å². The Balaban J connectivity index is 1.53. The Bertz CT molecular complexity index is 1200. The zero-order chi connectivity index (χ0) is 23.5. The lowest BCUT2D eigenvalue weighted by molar-refractivity contribution is 0.0696. The van der Waals surface area contributed by atoms with Crippen molar-refractivity contribution < 1.29 is 14.7 Å². The van der Waals surface area contributed by atoms with Gasteiger partial charge in [-0.3, -0.25) is 4.79 Å². The number of rotatable bonds is 5. The number of nitrogens with one attached hydrogen (secondary N) is 1. The van der Waals surface area contributed by atoms with Crippen LogP contribution < -0.4 is 15.1 Å². The Labute approximate surface area is 197 Å². The summed E-state index contributed by atoms with van der Waals surface area (Å²) in [6, 6.07) is 16.6. The third-order valence-corrected chi connectivity index (χ3v) is 6.06. The Kier molecular flexibility index (Phi) is 6.51. The predicted molar refractivity (Wildman–Crippen MR) is 131 cm³/mol. The topological polar surface area (TPSA) is 85.8 Å². The summed E-state index contributed by atoms with van der Waals surface area (Å²) in [5, 5.41) is 12.8. The Morgan fingerprint density at radius 1 is 1.09 bits per heavy atom. The minimum Gasteiger partial charge on any atom is -0.478 e. The lowest BCUT2D eigenvalue weighted by Crippen LogP contribution is -2.52. The van der Waals surface area contributed by atoms with Gasteiger partial charge in [0.15, 0.2) is 0 Å². The van der Waals surface area contributed by atoms with Gasteiger partial charge >= 0.3 is 5.97 Å². The zero-order valence-corrected chi connectivity index (χ0v) is 19.2. The number of anilines is 3. The van der Waals surface area contributed by atoms with E-state index in [4.69, 9.17) is 11.6 Å². The lowest BCUT2D eigenvalue weighted by Gasteiger charge is -2.42. The van der Waals surface area contributed by atoms with Crippen LogP contribution >= 0.6 is 11.6 Å². The van der Waals surface area contributed by atoms with E-state index in [-0.39, 0.29) is 11.6 Å². The average Bonchev–Trinajstić information content (AvgIpc) is 2.79. The molecule has 1 amide bonds. The highest BCUT2D eigenvalue weighted by molar-refractivity contribution is 6.34. The maximum atomic E-state index is 12.6. The fourth-order valence-corrected chi connectivity index (χ4v) is 4.34. The van der Waals surface area contributed by atoms with E-state index < -0.39 is 11.9 Å². The lowest BCUT2D eigenvalue weighted by atomic mass is 10.1. The van der Waals surface area contributed by atoms with Crippen LogP contribution in [-0.2, 0) is 0 Å². The fourth-order valence-electron chi connectivity index (χ4n) is 4.12. The van der Waals surface area contributed by atoms with Gasteiger partial charge in [-0.15, -0.1) is 0 Å². The third-order valence-electron chi connectivity index (χ3n) is 5.73. The van der Waals surface area contributed by atoms with Crippen molar-refractivity contribution >= 4 is 40.7 Å². The summed E-state index contributed by atoms with van der Waals surface area (Å²) in [4.78, 5) is 33.3. The first-order chi connectivity index (χ1) is 15.8. The first-order valence-corrected chi connectivity index (χ1v) is 11.1. The first kappa shape index (κ1) is 22.6. The molecule has 1 aliphatic heterocycles. The number of carbonyl (C=O) groups is 2. The maximum Gasteiger partial charge on any atom is 0.339 e. The van der Waals surface area contributed by atoms with Crippen LogP contribution in [0.3, 0.4) is 0 Å². The van der Waals surface area contributed by atoms with Crippen LogP contribution in [-0.4, -0.2) is 47.6 Å². The summed E-state index contributed by atoms with van der Waals surface area (Å²) in [7, 11) is 0. The Morgan fingerprint density at radius 2 is 1.88 bits per heavy atom. The molecule has 0 radical (unpaired) electrons. The summed E-state index contributed by atoms with van der Waals surface area (Å²) in [6.07, 6.45) is 1.48. The summed E-state index contributed by atoms with van der Waals surface area (Å²) >= 11 is 6.09. The standard InChI is InChI=1S/C25H25ClN4O3/c1-16-6-5-7-19(12-16)30-11-10-29(15-17(30)2)23-21(25(32)33)13-18(14-27-23)28-24(31)20-8-3-4-9-22(20)26/h3-9,12-14,17H,10-11,15H2,1-2H3,(H,28,31)(H,32,33)/t17-/m0/s1. The highest BCUT2D eigenvalue weighted by Crippen LogP contribution is 2.27. The number of amides is 1. The number of piperazine rings is 1. The molecule has 0 unspecified atom stereocenters. The van der Waals surface area contributed by atoms with Gasteiger partial charge in [0.1, 0.15) is 11.4 Å². The molecule has 1 aromatic heterocycles. The molecule has 1 aliphatic rings. The van der Waals surface area contributed by atoms with Crippen LogP contribution in [0.5, 0.6) is 0 Å². The molecule has 1 saturated heterocycles. The number of carboxylic acids is 1. The number of nitrogens with zero attached hydrogens (tertiary/aromatic N) is 3. The van der Waals surface area contributed by atoms with Crippen LogP contribution in [0.15, 0.2) is 60.8 Å². The number of hydrogen-bond donors (Lipinski definition) is 2. The fraction of sp³-hybridized carbons (Fsp3) is 0.240. The highest BCUT2D eigenvalue weighted by Gasteiger charge is 2.28. The predicted octanol–water partition coefficient (Wildman–Crippen LogP) is 4.71. The van der Waals surface area contributed by atoms with Crippen molar-refractivity contribution in [3.8, 4) is 0 Å². The van der Waals surface area contributed by atoms with E-state index in [2.05, 4.69) is 47.2 Å². The van der Waals surface area contributed by atoms with Gasteiger partial charge in [0.05, 0.1) is 22.5 Å². The molecule has 2 aromatic carbocycles. The van der Waals surface area contributed by atoms with Gasteiger partial charge in [0.25, 0.3) is 5.91 Å². The number of aromatic carboxylic acids is 1. The molecule has 2 N–H and O–H groups in total. The molecular formula is C25H25ClN4O3. The van der Waals surface area contributed by atoms with E-state index in [0.717, 1.165) is 12.2 Å². The molecule has 3 aromatic rings. The summed E-state index contributed by atoms with van der Waals surface area (Å²) in [5.74, 6) is -1.12. The number of carboxylic acid groups (broad SMARTS) is 1. The van der Waals surface area contributed by atoms with Gasteiger partial charge in [-0.05, 0) is 49.7 Å². The highest BCUT2D eigenvalue weighted by atomic mass is 35.5. The number of benzene rings is 2. The Hall–Kier alpha value is -3.58. The van der Waals surface area contributed by atoms with Gasteiger partial charge in [0, 0.05) is 31.4 Å². The van der Waals surface area contributed by atoms with E-state index in [9.17, 15) is 14.7 Å².